The quantitative estimate of drug-likeness (QED) is 0.668. The molecule has 2 heteroatoms. The number of nitrogens with zero attached hydrogens (tertiary/aromatic N) is 1. The molecule has 0 aliphatic heterocycles. The summed E-state index contributed by atoms with van der Waals surface area (Å²) in [6.45, 7) is 3.44. The van der Waals surface area contributed by atoms with Gasteiger partial charge in [0.15, 0.2) is 0 Å². The van der Waals surface area contributed by atoms with Gasteiger partial charge in [0.25, 0.3) is 0 Å². The zero-order valence-corrected chi connectivity index (χ0v) is 10.8. The summed E-state index contributed by atoms with van der Waals surface area (Å²) in [6, 6.07) is 0. The second-order valence-electron chi connectivity index (χ2n) is 5.34. The minimum Gasteiger partial charge on any atom is -0.339 e. The van der Waals surface area contributed by atoms with Gasteiger partial charge in [-0.2, -0.15) is 0 Å². The van der Waals surface area contributed by atoms with Crippen molar-refractivity contribution in [3.63, 3.8) is 0 Å². The number of hydrogen-bond donors (Lipinski definition) is 0. The Bertz CT molecular complexity index is 315. The summed E-state index contributed by atoms with van der Waals surface area (Å²) in [5.74, 6) is 1.68. The molecule has 0 saturated heterocycles. The third-order valence-electron chi connectivity index (χ3n) is 3.66. The lowest BCUT2D eigenvalue weighted by molar-refractivity contribution is -0.128. The van der Waals surface area contributed by atoms with Crippen LogP contribution in [0.1, 0.15) is 39.0 Å². The van der Waals surface area contributed by atoms with E-state index in [0.717, 1.165) is 19.0 Å². The topological polar surface area (TPSA) is 20.3 Å². The van der Waals surface area contributed by atoms with Crippen molar-refractivity contribution in [1.29, 1.82) is 0 Å². The zero-order valence-electron chi connectivity index (χ0n) is 10.8. The summed E-state index contributed by atoms with van der Waals surface area (Å²) in [6.07, 6.45) is 15.3. The Kier molecular flexibility index (Phi) is 4.41. The molecular formula is C15H23NO. The fourth-order valence-electron chi connectivity index (χ4n) is 2.32. The van der Waals surface area contributed by atoms with Gasteiger partial charge in [-0.25, -0.2) is 0 Å². The van der Waals surface area contributed by atoms with E-state index in [9.17, 15) is 4.79 Å². The average molecular weight is 233 g/mol. The van der Waals surface area contributed by atoms with E-state index in [4.69, 9.17) is 0 Å². The Hall–Kier alpha value is -1.05. The standard InChI is InChI=1S/C15H23NO/c1-13(17)16(12-15-9-10-15)11-5-8-14-6-3-2-4-7-14/h2-3,5,8,14-15H,4,6-7,9-12H2,1H3/b8-5+. The Labute approximate surface area is 104 Å². The summed E-state index contributed by atoms with van der Waals surface area (Å²) in [5.41, 5.74) is 0. The third kappa shape index (κ3) is 4.37. The molecule has 0 heterocycles. The predicted molar refractivity (Wildman–Crippen MR) is 70.6 cm³/mol. The van der Waals surface area contributed by atoms with E-state index in [1.165, 1.54) is 32.1 Å². The molecule has 2 aliphatic carbocycles. The number of amides is 1. The van der Waals surface area contributed by atoms with Gasteiger partial charge >= 0.3 is 0 Å². The molecule has 1 saturated carbocycles. The first-order valence-electron chi connectivity index (χ1n) is 6.83. The summed E-state index contributed by atoms with van der Waals surface area (Å²) in [7, 11) is 0. The minimum absolute atomic E-state index is 0.213. The molecule has 1 atom stereocenters. The highest BCUT2D eigenvalue weighted by atomic mass is 16.2. The van der Waals surface area contributed by atoms with Crippen LogP contribution < -0.4 is 0 Å². The van der Waals surface area contributed by atoms with Crippen molar-refractivity contribution < 1.29 is 4.79 Å². The smallest absolute Gasteiger partial charge is 0.219 e. The Morgan fingerprint density at radius 3 is 2.76 bits per heavy atom. The maximum absolute atomic E-state index is 11.5. The van der Waals surface area contributed by atoms with E-state index >= 15 is 0 Å². The van der Waals surface area contributed by atoms with Gasteiger partial charge in [0.2, 0.25) is 5.91 Å². The average Bonchev–Trinajstić information content (AvgIpc) is 3.13. The van der Waals surface area contributed by atoms with Gasteiger partial charge in [0.1, 0.15) is 0 Å². The van der Waals surface area contributed by atoms with Crippen molar-refractivity contribution >= 4 is 5.91 Å². The molecule has 0 N–H and O–H groups in total. The monoisotopic (exact) mass is 233 g/mol. The van der Waals surface area contributed by atoms with Crippen molar-refractivity contribution in [1.82, 2.24) is 4.90 Å². The van der Waals surface area contributed by atoms with Gasteiger partial charge in [-0.15, -0.1) is 0 Å². The predicted octanol–water partition coefficient (Wildman–Crippen LogP) is 3.16. The van der Waals surface area contributed by atoms with Gasteiger partial charge in [-0.1, -0.05) is 24.3 Å². The van der Waals surface area contributed by atoms with Crippen molar-refractivity contribution in [3.05, 3.63) is 24.3 Å². The van der Waals surface area contributed by atoms with Crippen molar-refractivity contribution in [3.8, 4) is 0 Å². The van der Waals surface area contributed by atoms with Crippen LogP contribution in [-0.4, -0.2) is 23.9 Å². The van der Waals surface area contributed by atoms with Crippen LogP contribution in [0.15, 0.2) is 24.3 Å². The third-order valence-corrected chi connectivity index (χ3v) is 3.66. The van der Waals surface area contributed by atoms with Gasteiger partial charge in [-0.05, 0) is 43.9 Å². The largest absolute Gasteiger partial charge is 0.339 e. The summed E-state index contributed by atoms with van der Waals surface area (Å²) in [4.78, 5) is 13.4. The number of carbonyl (C=O) groups is 1. The second kappa shape index (κ2) is 6.04. The zero-order chi connectivity index (χ0) is 12.1. The fraction of sp³-hybridized carbons (Fsp3) is 0.667. The minimum atomic E-state index is 0.213. The molecule has 2 rings (SSSR count). The molecule has 1 unspecified atom stereocenters. The number of hydrogen-bond acceptors (Lipinski definition) is 1. The molecule has 0 radical (unpaired) electrons. The fourth-order valence-corrected chi connectivity index (χ4v) is 2.32. The molecule has 0 aromatic heterocycles. The number of rotatable bonds is 5. The maximum Gasteiger partial charge on any atom is 0.219 e. The lowest BCUT2D eigenvalue weighted by Crippen LogP contribution is -2.30. The highest BCUT2D eigenvalue weighted by Crippen LogP contribution is 2.29. The first-order chi connectivity index (χ1) is 8.25. The summed E-state index contributed by atoms with van der Waals surface area (Å²) >= 11 is 0. The SMILES string of the molecule is CC(=O)N(C/C=C/C1CC=CCC1)CC1CC1. The van der Waals surface area contributed by atoms with Crippen molar-refractivity contribution in [2.75, 3.05) is 13.1 Å². The molecule has 17 heavy (non-hydrogen) atoms. The van der Waals surface area contributed by atoms with Gasteiger partial charge in [0, 0.05) is 20.0 Å². The molecule has 2 nitrogen and oxygen atoms in total. The number of allylic oxidation sites excluding steroid dienone is 3. The molecule has 0 spiro atoms. The second-order valence-corrected chi connectivity index (χ2v) is 5.34. The van der Waals surface area contributed by atoms with Crippen molar-refractivity contribution in [2.45, 2.75) is 39.0 Å². The van der Waals surface area contributed by atoms with Crippen LogP contribution in [0.3, 0.4) is 0 Å². The summed E-state index contributed by atoms with van der Waals surface area (Å²) in [5, 5.41) is 0. The molecule has 94 valence electrons. The normalized spacial score (nSPS) is 24.2. The van der Waals surface area contributed by atoms with Gasteiger partial charge in [0.05, 0.1) is 0 Å². The van der Waals surface area contributed by atoms with Gasteiger partial charge < -0.3 is 4.90 Å². The highest BCUT2D eigenvalue weighted by Gasteiger charge is 2.24. The van der Waals surface area contributed by atoms with E-state index in [2.05, 4.69) is 24.3 Å². The summed E-state index contributed by atoms with van der Waals surface area (Å²) < 4.78 is 0. The first-order valence-corrected chi connectivity index (χ1v) is 6.83. The first kappa shape index (κ1) is 12.4. The number of carbonyl (C=O) groups excluding carboxylic acids is 1. The van der Waals surface area contributed by atoms with Crippen LogP contribution in [0, 0.1) is 11.8 Å². The van der Waals surface area contributed by atoms with Crippen LogP contribution in [0.5, 0.6) is 0 Å². The van der Waals surface area contributed by atoms with Crippen LogP contribution in [-0.2, 0) is 4.79 Å². The van der Waals surface area contributed by atoms with E-state index in [-0.39, 0.29) is 5.91 Å². The Balaban J connectivity index is 1.75. The molecular weight excluding hydrogens is 210 g/mol. The molecule has 0 bridgehead atoms. The highest BCUT2D eigenvalue weighted by molar-refractivity contribution is 5.73. The van der Waals surface area contributed by atoms with Crippen LogP contribution in [0.25, 0.3) is 0 Å². The molecule has 0 aromatic carbocycles. The lowest BCUT2D eigenvalue weighted by atomic mass is 9.94. The van der Waals surface area contributed by atoms with E-state index in [1.54, 1.807) is 6.92 Å². The van der Waals surface area contributed by atoms with E-state index < -0.39 is 0 Å². The van der Waals surface area contributed by atoms with Crippen LogP contribution in [0.2, 0.25) is 0 Å². The molecule has 1 fully saturated rings. The molecule has 2 aliphatic rings. The molecule has 0 aromatic rings. The van der Waals surface area contributed by atoms with Crippen LogP contribution in [0.4, 0.5) is 0 Å². The van der Waals surface area contributed by atoms with Crippen molar-refractivity contribution in [2.24, 2.45) is 11.8 Å². The Morgan fingerprint density at radius 2 is 2.18 bits per heavy atom. The van der Waals surface area contributed by atoms with Gasteiger partial charge in [-0.3, -0.25) is 4.79 Å². The van der Waals surface area contributed by atoms with Crippen LogP contribution >= 0.6 is 0 Å². The van der Waals surface area contributed by atoms with E-state index in [1.807, 2.05) is 4.90 Å². The lowest BCUT2D eigenvalue weighted by Gasteiger charge is -2.19. The van der Waals surface area contributed by atoms with E-state index in [0.29, 0.717) is 5.92 Å². The maximum atomic E-state index is 11.5. The molecule has 1 amide bonds. The Morgan fingerprint density at radius 1 is 1.35 bits per heavy atom.